The summed E-state index contributed by atoms with van der Waals surface area (Å²) in [6, 6.07) is 17.3. The summed E-state index contributed by atoms with van der Waals surface area (Å²) in [7, 11) is 1.54. The van der Waals surface area contributed by atoms with Crippen LogP contribution < -0.4 is 10.5 Å². The molecule has 6 atom stereocenters. The number of rotatable bonds is 15. The minimum absolute atomic E-state index is 0.0142. The van der Waals surface area contributed by atoms with Crippen molar-refractivity contribution in [3.63, 3.8) is 0 Å². The van der Waals surface area contributed by atoms with Crippen LogP contribution in [0.5, 0.6) is 5.75 Å². The Balaban J connectivity index is 0.933. The van der Waals surface area contributed by atoms with Gasteiger partial charge in [-0.15, -0.1) is 0 Å². The number of hydrogen-bond donors (Lipinski definition) is 4. The van der Waals surface area contributed by atoms with E-state index >= 15 is 0 Å². The first kappa shape index (κ1) is 41.3. The molecule has 6 heterocycles. The number of nitrogens with one attached hydrogen (secondary N) is 2. The molecule has 12 nitrogen and oxygen atoms in total. The number of imidazole rings is 1. The van der Waals surface area contributed by atoms with E-state index in [4.69, 9.17) is 24.9 Å². The van der Waals surface area contributed by atoms with Gasteiger partial charge in [0.25, 0.3) is 0 Å². The number of benzene rings is 2. The van der Waals surface area contributed by atoms with Crippen LogP contribution in [0.25, 0.3) is 44.7 Å². The number of aryl methyl sites for hydroxylation is 1. The summed E-state index contributed by atoms with van der Waals surface area (Å²) in [4.78, 5) is 29.6. The standard InChI is InChI=1S/C47H63N7O5/c1-7-31-22-37(50-44(31)40-12-9-17-53(40)46(55)43(48)28(2)3)33-13-15-36-41-23-34-21-32(14-16-39(34)54(41)27-59-42(36)24-33)38-25-49-45(51-38)30(5)11-8-10-29(4)20-35-26-58-19-18-52(35)47(56)57-6/h13-16,21-25,28-30,35,40,43,47,50,56H,7-12,17-20,26-27,48H2,1-6H3,(H,49,51). The average molecular weight is 806 g/mol. The Morgan fingerprint density at radius 1 is 1.03 bits per heavy atom. The van der Waals surface area contributed by atoms with E-state index in [0.717, 1.165) is 113 Å². The zero-order valence-corrected chi connectivity index (χ0v) is 35.7. The van der Waals surface area contributed by atoms with Crippen molar-refractivity contribution in [2.75, 3.05) is 33.4 Å². The molecule has 3 aromatic heterocycles. The quantitative estimate of drug-likeness (QED) is 0.0776. The maximum absolute atomic E-state index is 13.4. The van der Waals surface area contributed by atoms with Crippen LogP contribution in [-0.4, -0.2) is 92.2 Å². The molecule has 316 valence electrons. The largest absolute Gasteiger partial charge is 0.472 e. The summed E-state index contributed by atoms with van der Waals surface area (Å²) in [5.74, 6) is 2.84. The number of aliphatic hydroxyl groups excluding tert-OH is 1. The third-order valence-electron chi connectivity index (χ3n) is 13.2. The zero-order valence-electron chi connectivity index (χ0n) is 35.7. The lowest BCUT2D eigenvalue weighted by Gasteiger charge is -2.38. The number of methoxy groups -OCH3 is 1. The van der Waals surface area contributed by atoms with Crippen LogP contribution in [0.15, 0.2) is 54.7 Å². The zero-order chi connectivity index (χ0) is 41.4. The number of carbonyl (C=O) groups is 1. The average Bonchev–Trinajstić information content (AvgIpc) is 4.08. The highest BCUT2D eigenvalue weighted by atomic mass is 16.6. The van der Waals surface area contributed by atoms with Crippen molar-refractivity contribution in [2.45, 2.75) is 117 Å². The molecule has 0 saturated carbocycles. The Labute approximate surface area is 348 Å². The fraction of sp³-hybridized carbons (Fsp3) is 0.532. The summed E-state index contributed by atoms with van der Waals surface area (Å²) in [5.41, 5.74) is 16.3. The maximum Gasteiger partial charge on any atom is 0.240 e. The Morgan fingerprint density at radius 2 is 1.85 bits per heavy atom. The maximum atomic E-state index is 13.4. The van der Waals surface area contributed by atoms with Gasteiger partial charge in [0.1, 0.15) is 11.6 Å². The molecule has 12 heteroatoms. The number of aliphatic hydroxyl groups is 1. The van der Waals surface area contributed by atoms with Crippen LogP contribution in [0.1, 0.15) is 102 Å². The third kappa shape index (κ3) is 8.35. The smallest absolute Gasteiger partial charge is 0.240 e. The van der Waals surface area contributed by atoms with E-state index in [9.17, 15) is 9.90 Å². The topological polar surface area (TPSA) is 147 Å². The van der Waals surface area contributed by atoms with Gasteiger partial charge >= 0.3 is 0 Å². The van der Waals surface area contributed by atoms with Gasteiger partial charge in [-0.3, -0.25) is 4.79 Å². The van der Waals surface area contributed by atoms with Crippen LogP contribution >= 0.6 is 0 Å². The number of hydrogen-bond acceptors (Lipinski definition) is 8. The highest BCUT2D eigenvalue weighted by molar-refractivity contribution is 5.92. The number of morpholine rings is 1. The Hall–Kier alpha value is -4.46. The SMILES string of the molecule is CCc1cc(-c2ccc3c(c2)OCn2c-3cc3cc(-c4cnc(C(C)CCCC(C)CC5COCCN5C(O)OC)[nH]4)ccc32)[nH]c1C1CCCN1C(=O)C(N)C(C)C. The second-order valence-electron chi connectivity index (χ2n) is 17.5. The van der Waals surface area contributed by atoms with E-state index < -0.39 is 12.5 Å². The number of aromatic nitrogens is 4. The normalized spacial score (nSPS) is 20.4. The van der Waals surface area contributed by atoms with Gasteiger partial charge in [0, 0.05) is 65.6 Å². The van der Waals surface area contributed by atoms with Crippen molar-refractivity contribution < 1.29 is 24.1 Å². The van der Waals surface area contributed by atoms with Crippen LogP contribution in [-0.2, 0) is 27.4 Å². The number of likely N-dealkylation sites (tertiary alicyclic amines) is 1. The van der Waals surface area contributed by atoms with E-state index in [-0.39, 0.29) is 23.9 Å². The number of amides is 1. The van der Waals surface area contributed by atoms with Gasteiger partial charge < -0.3 is 44.5 Å². The van der Waals surface area contributed by atoms with Crippen molar-refractivity contribution in [3.8, 4) is 39.5 Å². The van der Waals surface area contributed by atoms with Gasteiger partial charge in [0.05, 0.1) is 48.4 Å². The van der Waals surface area contributed by atoms with Crippen LogP contribution in [0.3, 0.4) is 0 Å². The van der Waals surface area contributed by atoms with Crippen LogP contribution in [0.2, 0.25) is 0 Å². The van der Waals surface area contributed by atoms with Gasteiger partial charge in [0.2, 0.25) is 12.3 Å². The number of ether oxygens (including phenoxy) is 3. The van der Waals surface area contributed by atoms with E-state index in [1.165, 1.54) is 5.56 Å². The second kappa shape index (κ2) is 17.6. The minimum atomic E-state index is -0.877. The molecule has 6 unspecified atom stereocenters. The van der Waals surface area contributed by atoms with Crippen LogP contribution in [0.4, 0.5) is 0 Å². The van der Waals surface area contributed by atoms with Crippen molar-refractivity contribution in [1.29, 1.82) is 0 Å². The first-order chi connectivity index (χ1) is 28.5. The van der Waals surface area contributed by atoms with Crippen molar-refractivity contribution in [3.05, 3.63) is 71.8 Å². The number of H-pyrrole nitrogens is 2. The van der Waals surface area contributed by atoms with Crippen LogP contribution in [0, 0.1) is 11.8 Å². The molecule has 5 aromatic rings. The van der Waals surface area contributed by atoms with E-state index in [1.807, 2.05) is 29.8 Å². The molecule has 2 fully saturated rings. The summed E-state index contributed by atoms with van der Waals surface area (Å²) < 4.78 is 19.6. The van der Waals surface area contributed by atoms with Gasteiger partial charge in [-0.25, -0.2) is 9.88 Å². The highest BCUT2D eigenvalue weighted by Gasteiger charge is 2.36. The fourth-order valence-electron chi connectivity index (χ4n) is 9.54. The predicted octanol–water partition coefficient (Wildman–Crippen LogP) is 8.18. The molecular formula is C47H63N7O5. The molecule has 2 aromatic carbocycles. The van der Waals surface area contributed by atoms with E-state index in [0.29, 0.717) is 38.3 Å². The molecule has 0 spiro atoms. The first-order valence-corrected chi connectivity index (χ1v) is 21.8. The Bertz CT molecular complexity index is 2240. The molecule has 0 aliphatic carbocycles. The number of nitrogens with zero attached hydrogens (tertiary/aromatic N) is 4. The van der Waals surface area contributed by atoms with Gasteiger partial charge in [-0.2, -0.15) is 0 Å². The molecule has 3 aliphatic rings. The molecule has 1 amide bonds. The molecule has 5 N–H and O–H groups in total. The summed E-state index contributed by atoms with van der Waals surface area (Å²) in [6.07, 6.45) is 8.11. The number of fused-ring (bicyclic) bond motifs is 5. The molecule has 0 radical (unpaired) electrons. The number of carbonyl (C=O) groups excluding carboxylic acids is 1. The lowest BCUT2D eigenvalue weighted by molar-refractivity contribution is -0.214. The van der Waals surface area contributed by atoms with Crippen molar-refractivity contribution >= 4 is 16.8 Å². The predicted molar refractivity (Wildman–Crippen MR) is 232 cm³/mol. The molecule has 59 heavy (non-hydrogen) atoms. The summed E-state index contributed by atoms with van der Waals surface area (Å²) >= 11 is 0. The minimum Gasteiger partial charge on any atom is -0.472 e. The molecule has 2 saturated heterocycles. The second-order valence-corrected chi connectivity index (χ2v) is 17.5. The highest BCUT2D eigenvalue weighted by Crippen LogP contribution is 2.42. The lowest BCUT2D eigenvalue weighted by Crippen LogP contribution is -2.51. The third-order valence-corrected chi connectivity index (χ3v) is 13.2. The van der Waals surface area contributed by atoms with Gasteiger partial charge in [0.15, 0.2) is 6.73 Å². The number of nitrogens with two attached hydrogens (primary N) is 1. The monoisotopic (exact) mass is 805 g/mol. The lowest BCUT2D eigenvalue weighted by atomic mass is 9.93. The van der Waals surface area contributed by atoms with E-state index in [2.05, 4.69) is 83.8 Å². The van der Waals surface area contributed by atoms with Crippen molar-refractivity contribution in [1.82, 2.24) is 29.3 Å². The fourth-order valence-corrected chi connectivity index (χ4v) is 9.54. The summed E-state index contributed by atoms with van der Waals surface area (Å²) in [6.45, 7) is 13.9. The Kier molecular flexibility index (Phi) is 12.3. The molecule has 3 aliphatic heterocycles. The van der Waals surface area contributed by atoms with Gasteiger partial charge in [-0.05, 0) is 85.9 Å². The first-order valence-electron chi connectivity index (χ1n) is 21.8. The number of aromatic amines is 2. The Morgan fingerprint density at radius 3 is 2.64 bits per heavy atom. The summed E-state index contributed by atoms with van der Waals surface area (Å²) in [5, 5.41) is 11.4. The van der Waals surface area contributed by atoms with E-state index in [1.54, 1.807) is 7.11 Å². The molecule has 8 rings (SSSR count). The van der Waals surface area contributed by atoms with Gasteiger partial charge in [-0.1, -0.05) is 59.6 Å². The molecular weight excluding hydrogens is 743 g/mol. The molecule has 0 bridgehead atoms. The van der Waals surface area contributed by atoms with Crippen molar-refractivity contribution in [2.24, 2.45) is 17.6 Å².